The first-order valence-corrected chi connectivity index (χ1v) is 12.7. The van der Waals surface area contributed by atoms with Gasteiger partial charge in [-0.15, -0.1) is 10.2 Å². The number of amides is 1. The first-order chi connectivity index (χ1) is 15.5. The first-order valence-electron chi connectivity index (χ1n) is 10.4. The lowest BCUT2D eigenvalue weighted by Gasteiger charge is -2.22. The van der Waals surface area contributed by atoms with Gasteiger partial charge >= 0.3 is 0 Å². The van der Waals surface area contributed by atoms with E-state index in [-0.39, 0.29) is 21.5 Å². The highest BCUT2D eigenvalue weighted by molar-refractivity contribution is 7.93. The molecule has 168 valence electrons. The van der Waals surface area contributed by atoms with Crippen LogP contribution in [0.5, 0.6) is 5.75 Å². The van der Waals surface area contributed by atoms with Gasteiger partial charge in [0.25, 0.3) is 15.9 Å². The molecule has 1 N–H and O–H groups in total. The second-order valence-corrected chi connectivity index (χ2v) is 10.1. The fraction of sp³-hybridized carbons (Fsp3) is 0.318. The Morgan fingerprint density at radius 3 is 2.44 bits per heavy atom. The molecule has 32 heavy (non-hydrogen) atoms. The molecule has 0 spiro atoms. The van der Waals surface area contributed by atoms with Crippen molar-refractivity contribution in [1.29, 1.82) is 0 Å². The number of methoxy groups -OCH3 is 1. The summed E-state index contributed by atoms with van der Waals surface area (Å²) in [6.45, 7) is 1.31. The topological polar surface area (TPSA) is 101 Å². The van der Waals surface area contributed by atoms with Crippen LogP contribution in [0, 0.1) is 0 Å². The molecule has 2 aromatic carbocycles. The number of likely N-dealkylation sites (tertiary alicyclic amines) is 1. The van der Waals surface area contributed by atoms with Gasteiger partial charge in [-0.05, 0) is 31.0 Å². The minimum Gasteiger partial charge on any atom is -0.496 e. The highest BCUT2D eigenvalue weighted by Gasteiger charge is 2.25. The van der Waals surface area contributed by atoms with Crippen molar-refractivity contribution in [3.05, 3.63) is 54.1 Å². The Hall–Kier alpha value is -2.98. The minimum absolute atomic E-state index is 0.0343. The maximum Gasteiger partial charge on any atom is 0.263 e. The summed E-state index contributed by atoms with van der Waals surface area (Å²) >= 11 is 1.14. The molecule has 2 heterocycles. The predicted molar refractivity (Wildman–Crippen MR) is 124 cm³/mol. The van der Waals surface area contributed by atoms with Crippen molar-refractivity contribution in [2.75, 3.05) is 24.9 Å². The van der Waals surface area contributed by atoms with E-state index in [1.807, 2.05) is 30.3 Å². The molecule has 1 aromatic heterocycles. The number of sulfonamides is 1. The normalized spacial score (nSPS) is 14.6. The maximum atomic E-state index is 13.1. The van der Waals surface area contributed by atoms with E-state index in [1.165, 1.54) is 25.3 Å². The highest BCUT2D eigenvalue weighted by Crippen LogP contribution is 2.29. The van der Waals surface area contributed by atoms with E-state index in [1.54, 1.807) is 4.90 Å². The average Bonchev–Trinajstić information content (AvgIpc) is 3.09. The molecule has 0 unspecified atom stereocenters. The SMILES string of the molecule is COc1ccc(S(=O)(=O)Nc2nnc(-c3ccccc3)s2)cc1C(=O)N1CCCCCC1. The summed E-state index contributed by atoms with van der Waals surface area (Å²) in [5.41, 5.74) is 1.09. The molecule has 1 amide bonds. The zero-order chi connectivity index (χ0) is 22.6. The third-order valence-electron chi connectivity index (χ3n) is 5.27. The van der Waals surface area contributed by atoms with Crippen LogP contribution in [0.4, 0.5) is 5.13 Å². The van der Waals surface area contributed by atoms with Crippen LogP contribution in [0.25, 0.3) is 10.6 Å². The second kappa shape index (κ2) is 9.66. The molecule has 0 radical (unpaired) electrons. The number of benzene rings is 2. The summed E-state index contributed by atoms with van der Waals surface area (Å²) in [5.74, 6) is 0.128. The summed E-state index contributed by atoms with van der Waals surface area (Å²) in [6, 6.07) is 13.7. The molecule has 0 atom stereocenters. The van der Waals surface area contributed by atoms with Gasteiger partial charge in [0.15, 0.2) is 0 Å². The van der Waals surface area contributed by atoms with Gasteiger partial charge in [0.2, 0.25) is 5.13 Å². The fourth-order valence-corrected chi connectivity index (χ4v) is 5.61. The quantitative estimate of drug-likeness (QED) is 0.581. The Morgan fingerprint density at radius 1 is 1.03 bits per heavy atom. The van der Waals surface area contributed by atoms with Gasteiger partial charge in [-0.3, -0.25) is 9.52 Å². The third kappa shape index (κ3) is 4.91. The molecular formula is C22H24N4O4S2. The van der Waals surface area contributed by atoms with Crippen LogP contribution in [0.3, 0.4) is 0 Å². The van der Waals surface area contributed by atoms with Gasteiger partial charge in [-0.25, -0.2) is 8.42 Å². The molecule has 0 saturated carbocycles. The molecular weight excluding hydrogens is 448 g/mol. The summed E-state index contributed by atoms with van der Waals surface area (Å²) in [5, 5.41) is 8.78. The number of carbonyl (C=O) groups is 1. The molecule has 4 rings (SSSR count). The van der Waals surface area contributed by atoms with Crippen molar-refractivity contribution in [1.82, 2.24) is 15.1 Å². The van der Waals surface area contributed by atoms with Crippen molar-refractivity contribution >= 4 is 32.4 Å². The highest BCUT2D eigenvalue weighted by atomic mass is 32.2. The Labute approximate surface area is 191 Å². The summed E-state index contributed by atoms with van der Waals surface area (Å²) in [4.78, 5) is 14.9. The van der Waals surface area contributed by atoms with Gasteiger partial charge in [-0.1, -0.05) is 54.5 Å². The van der Waals surface area contributed by atoms with Crippen LogP contribution in [-0.2, 0) is 10.0 Å². The molecule has 1 aliphatic heterocycles. The minimum atomic E-state index is -3.97. The third-order valence-corrected chi connectivity index (χ3v) is 7.63. The van der Waals surface area contributed by atoms with Crippen LogP contribution >= 0.6 is 11.3 Å². The van der Waals surface area contributed by atoms with Crippen LogP contribution in [0.2, 0.25) is 0 Å². The molecule has 10 heteroatoms. The van der Waals surface area contributed by atoms with E-state index in [9.17, 15) is 13.2 Å². The molecule has 0 bridgehead atoms. The maximum absolute atomic E-state index is 13.1. The molecule has 0 aliphatic carbocycles. The Kier molecular flexibility index (Phi) is 6.71. The standard InChI is InChI=1S/C22H24N4O4S2/c1-30-19-12-11-17(15-18(19)21(27)26-13-7-2-3-8-14-26)32(28,29)25-22-24-23-20(31-22)16-9-5-4-6-10-16/h4-6,9-12,15H,2-3,7-8,13-14H2,1H3,(H,24,25). The number of nitrogens with one attached hydrogen (secondary N) is 1. The Bertz CT molecular complexity index is 1190. The van der Waals surface area contributed by atoms with Crippen LogP contribution < -0.4 is 9.46 Å². The van der Waals surface area contributed by atoms with E-state index in [0.717, 1.165) is 42.6 Å². The number of nitrogens with zero attached hydrogens (tertiary/aromatic N) is 3. The molecule has 1 saturated heterocycles. The summed E-state index contributed by atoms with van der Waals surface area (Å²) in [7, 11) is -2.50. The van der Waals surface area contributed by atoms with Gasteiger partial charge in [0.1, 0.15) is 10.8 Å². The molecule has 8 nitrogen and oxygen atoms in total. The Morgan fingerprint density at radius 2 is 1.75 bits per heavy atom. The van der Waals surface area contributed by atoms with Gasteiger partial charge < -0.3 is 9.64 Å². The lowest BCUT2D eigenvalue weighted by atomic mass is 10.1. The van der Waals surface area contributed by atoms with Crippen molar-refractivity contribution in [2.45, 2.75) is 30.6 Å². The van der Waals surface area contributed by atoms with E-state index < -0.39 is 10.0 Å². The average molecular weight is 473 g/mol. The van der Waals surface area contributed by atoms with Gasteiger partial charge in [0, 0.05) is 18.7 Å². The number of hydrogen-bond acceptors (Lipinski definition) is 7. The van der Waals surface area contributed by atoms with Crippen molar-refractivity contribution in [3.8, 4) is 16.3 Å². The monoisotopic (exact) mass is 472 g/mol. The zero-order valence-electron chi connectivity index (χ0n) is 17.7. The van der Waals surface area contributed by atoms with E-state index in [0.29, 0.717) is 23.8 Å². The van der Waals surface area contributed by atoms with E-state index >= 15 is 0 Å². The lowest BCUT2D eigenvalue weighted by molar-refractivity contribution is 0.0758. The predicted octanol–water partition coefficient (Wildman–Crippen LogP) is 4.03. The van der Waals surface area contributed by atoms with Gasteiger partial charge in [0.05, 0.1) is 17.6 Å². The number of hydrogen-bond donors (Lipinski definition) is 1. The number of carbonyl (C=O) groups excluding carboxylic acids is 1. The summed E-state index contributed by atoms with van der Waals surface area (Å²) in [6.07, 6.45) is 4.06. The van der Waals surface area contributed by atoms with E-state index in [2.05, 4.69) is 14.9 Å². The fourth-order valence-electron chi connectivity index (χ4n) is 3.60. The molecule has 3 aromatic rings. The smallest absolute Gasteiger partial charge is 0.263 e. The molecule has 1 fully saturated rings. The summed E-state index contributed by atoms with van der Waals surface area (Å²) < 4.78 is 33.8. The molecule has 1 aliphatic rings. The van der Waals surface area contributed by atoms with Crippen molar-refractivity contribution in [2.24, 2.45) is 0 Å². The number of ether oxygens (including phenoxy) is 1. The van der Waals surface area contributed by atoms with Crippen LogP contribution in [0.15, 0.2) is 53.4 Å². The van der Waals surface area contributed by atoms with Crippen molar-refractivity contribution < 1.29 is 17.9 Å². The van der Waals surface area contributed by atoms with Gasteiger partial charge in [-0.2, -0.15) is 0 Å². The Balaban J connectivity index is 1.59. The van der Waals surface area contributed by atoms with E-state index in [4.69, 9.17) is 4.74 Å². The van der Waals surface area contributed by atoms with Crippen LogP contribution in [0.1, 0.15) is 36.0 Å². The number of anilines is 1. The second-order valence-electron chi connectivity index (χ2n) is 7.45. The van der Waals surface area contributed by atoms with Crippen molar-refractivity contribution in [3.63, 3.8) is 0 Å². The number of rotatable bonds is 6. The zero-order valence-corrected chi connectivity index (χ0v) is 19.3. The first kappa shape index (κ1) is 22.2. The lowest BCUT2D eigenvalue weighted by Crippen LogP contribution is -2.32. The van der Waals surface area contributed by atoms with Crippen LogP contribution in [-0.4, -0.2) is 49.6 Å². The largest absolute Gasteiger partial charge is 0.496 e. The number of aromatic nitrogens is 2.